The topological polar surface area (TPSA) is 59.5 Å². The Hall–Kier alpha value is -3.74. The Morgan fingerprint density at radius 2 is 1.63 bits per heavy atom. The van der Waals surface area contributed by atoms with E-state index >= 15 is 0 Å². The quantitative estimate of drug-likeness (QED) is 0.192. The summed E-state index contributed by atoms with van der Waals surface area (Å²) in [6.45, 7) is 6.22. The molecule has 0 radical (unpaired) electrons. The number of hydrogen-bond acceptors (Lipinski definition) is 6. The van der Waals surface area contributed by atoms with Gasteiger partial charge < -0.3 is 10.1 Å². The highest BCUT2D eigenvalue weighted by Crippen LogP contribution is 2.34. The van der Waals surface area contributed by atoms with Crippen molar-refractivity contribution in [3.05, 3.63) is 82.9 Å². The Kier molecular flexibility index (Phi) is 7.91. The highest BCUT2D eigenvalue weighted by molar-refractivity contribution is 5.93. The van der Waals surface area contributed by atoms with Crippen molar-refractivity contribution < 1.29 is 35.9 Å². The predicted octanol–water partition coefficient (Wildman–Crippen LogP) is 7.33. The maximum Gasteiger partial charge on any atom is 0.416 e. The van der Waals surface area contributed by atoms with Crippen LogP contribution in [0.25, 0.3) is 22.0 Å². The van der Waals surface area contributed by atoms with Crippen molar-refractivity contribution in [2.75, 3.05) is 18.4 Å². The molecule has 0 spiro atoms. The van der Waals surface area contributed by atoms with Crippen molar-refractivity contribution in [3.63, 3.8) is 0 Å². The van der Waals surface area contributed by atoms with Crippen LogP contribution in [0.4, 0.5) is 37.8 Å². The van der Waals surface area contributed by atoms with Gasteiger partial charge in [0.2, 0.25) is 0 Å². The molecule has 0 saturated carbocycles. The van der Waals surface area contributed by atoms with E-state index in [1.165, 1.54) is 19.1 Å². The number of nitrogens with zero attached hydrogens (tertiary/aromatic N) is 3. The zero-order chi connectivity index (χ0) is 29.5. The fraction of sp³-hybridized carbons (Fsp3) is 0.310. The molecule has 4 aromatic rings. The zero-order valence-electron chi connectivity index (χ0n) is 22.3. The number of morpholine rings is 1. The summed E-state index contributed by atoms with van der Waals surface area (Å²) in [5.41, 5.74) is 0.391. The van der Waals surface area contributed by atoms with E-state index in [4.69, 9.17) is 9.57 Å². The molecule has 0 bridgehead atoms. The number of benzene rings is 3. The van der Waals surface area contributed by atoms with E-state index in [0.29, 0.717) is 35.2 Å². The average Bonchev–Trinajstić information content (AvgIpc) is 2.91. The van der Waals surface area contributed by atoms with Gasteiger partial charge in [0.05, 0.1) is 36.4 Å². The summed E-state index contributed by atoms with van der Waals surface area (Å²) < 4.78 is 87.0. The molecule has 41 heavy (non-hydrogen) atoms. The van der Waals surface area contributed by atoms with Crippen LogP contribution in [-0.2, 0) is 22.4 Å². The van der Waals surface area contributed by atoms with Gasteiger partial charge in [-0.2, -0.15) is 18.2 Å². The van der Waals surface area contributed by atoms with E-state index in [2.05, 4.69) is 15.3 Å². The minimum Gasteiger partial charge on any atom is -0.373 e. The second-order valence-corrected chi connectivity index (χ2v) is 9.96. The minimum absolute atomic E-state index is 0.0276. The second-order valence-electron chi connectivity index (χ2n) is 9.96. The summed E-state index contributed by atoms with van der Waals surface area (Å²) in [4.78, 5) is 15.1. The number of fused-ring (bicyclic) bond motifs is 1. The number of anilines is 2. The highest BCUT2D eigenvalue weighted by Gasteiger charge is 2.30. The standard InChI is InChI=1S/C29H26F6N4O2/c1-15-12-39(13-16(2)41-15)40-14-25-37-24-10-18(22-11-23(30)27(32)26(31)17(22)3)4-9-21(24)28(38-25)36-20-7-5-19(6-8-20)29(33,34)35/h4-11,15-16H,12-14H2,1-3H3,(H,36,37,38). The molecule has 0 amide bonds. The highest BCUT2D eigenvalue weighted by atomic mass is 19.4. The van der Waals surface area contributed by atoms with Gasteiger partial charge in [0.15, 0.2) is 23.3 Å². The van der Waals surface area contributed by atoms with Crippen molar-refractivity contribution in [3.8, 4) is 11.1 Å². The monoisotopic (exact) mass is 576 g/mol. The van der Waals surface area contributed by atoms with Crippen LogP contribution in [0.1, 0.15) is 30.8 Å². The third-order valence-electron chi connectivity index (χ3n) is 6.70. The molecule has 1 N–H and O–H groups in total. The van der Waals surface area contributed by atoms with E-state index in [-0.39, 0.29) is 41.6 Å². The number of nitrogens with one attached hydrogen (secondary N) is 1. The molecule has 5 rings (SSSR count). The first kappa shape index (κ1) is 28.8. The molecule has 6 nitrogen and oxygen atoms in total. The lowest BCUT2D eigenvalue weighted by Gasteiger charge is -2.34. The summed E-state index contributed by atoms with van der Waals surface area (Å²) in [6, 6.07) is 10.2. The first-order valence-corrected chi connectivity index (χ1v) is 12.8. The summed E-state index contributed by atoms with van der Waals surface area (Å²) in [5, 5.41) is 5.28. The number of alkyl halides is 3. The van der Waals surface area contributed by atoms with Gasteiger partial charge in [-0.25, -0.2) is 23.1 Å². The first-order valence-electron chi connectivity index (χ1n) is 12.8. The minimum atomic E-state index is -4.48. The van der Waals surface area contributed by atoms with Crippen LogP contribution in [0.15, 0.2) is 48.5 Å². The van der Waals surface area contributed by atoms with Gasteiger partial charge in [0.25, 0.3) is 0 Å². The molecule has 1 fully saturated rings. The van der Waals surface area contributed by atoms with Gasteiger partial charge in [-0.15, -0.1) is 0 Å². The largest absolute Gasteiger partial charge is 0.416 e. The second kappa shape index (κ2) is 11.3. The number of hydrogen-bond donors (Lipinski definition) is 1. The van der Waals surface area contributed by atoms with E-state index in [1.54, 1.807) is 23.3 Å². The van der Waals surface area contributed by atoms with Crippen molar-refractivity contribution >= 4 is 22.4 Å². The number of rotatable bonds is 6. The van der Waals surface area contributed by atoms with Crippen LogP contribution < -0.4 is 5.32 Å². The van der Waals surface area contributed by atoms with Gasteiger partial charge in [0, 0.05) is 11.1 Å². The van der Waals surface area contributed by atoms with Gasteiger partial charge >= 0.3 is 6.18 Å². The summed E-state index contributed by atoms with van der Waals surface area (Å²) in [6.07, 6.45) is -4.57. The lowest BCUT2D eigenvalue weighted by molar-refractivity contribution is -0.234. The Morgan fingerprint density at radius 3 is 2.29 bits per heavy atom. The van der Waals surface area contributed by atoms with Crippen LogP contribution in [0.2, 0.25) is 0 Å². The molecule has 2 heterocycles. The molecule has 1 aliphatic rings. The molecule has 2 unspecified atom stereocenters. The lowest BCUT2D eigenvalue weighted by atomic mass is 9.98. The molecule has 1 aliphatic heterocycles. The van der Waals surface area contributed by atoms with Gasteiger partial charge in [-0.3, -0.25) is 4.84 Å². The van der Waals surface area contributed by atoms with E-state index in [9.17, 15) is 26.3 Å². The molecule has 3 aromatic carbocycles. The summed E-state index contributed by atoms with van der Waals surface area (Å²) >= 11 is 0. The molecule has 0 aliphatic carbocycles. The fourth-order valence-corrected chi connectivity index (χ4v) is 4.76. The van der Waals surface area contributed by atoms with Gasteiger partial charge in [0.1, 0.15) is 12.4 Å². The average molecular weight is 577 g/mol. The number of halogens is 6. The smallest absolute Gasteiger partial charge is 0.373 e. The van der Waals surface area contributed by atoms with Crippen molar-refractivity contribution in [2.45, 2.75) is 45.8 Å². The third kappa shape index (κ3) is 6.29. The maximum absolute atomic E-state index is 14.3. The SMILES string of the molecule is Cc1c(-c2ccc3c(Nc4ccc(C(F)(F)F)cc4)nc(CON4CC(C)OC(C)C4)nc3c2)cc(F)c(F)c1F. The summed E-state index contributed by atoms with van der Waals surface area (Å²) in [7, 11) is 0. The van der Waals surface area contributed by atoms with Crippen molar-refractivity contribution in [1.29, 1.82) is 0 Å². The summed E-state index contributed by atoms with van der Waals surface area (Å²) in [5.74, 6) is -3.61. The Balaban J connectivity index is 1.53. The molecule has 12 heteroatoms. The molecule has 2 atom stereocenters. The third-order valence-corrected chi connectivity index (χ3v) is 6.70. The predicted molar refractivity (Wildman–Crippen MR) is 141 cm³/mol. The van der Waals surface area contributed by atoms with Crippen molar-refractivity contribution in [1.82, 2.24) is 15.0 Å². The Morgan fingerprint density at radius 1 is 0.951 bits per heavy atom. The van der Waals surface area contributed by atoms with Gasteiger partial charge in [-0.05, 0) is 79.9 Å². The zero-order valence-corrected chi connectivity index (χ0v) is 22.3. The fourth-order valence-electron chi connectivity index (χ4n) is 4.76. The molecule has 216 valence electrons. The first-order chi connectivity index (χ1) is 19.4. The number of aromatic nitrogens is 2. The van der Waals surface area contributed by atoms with Gasteiger partial charge in [-0.1, -0.05) is 6.07 Å². The van der Waals surface area contributed by atoms with E-state index in [0.717, 1.165) is 18.2 Å². The van der Waals surface area contributed by atoms with Crippen LogP contribution in [-0.4, -0.2) is 40.3 Å². The molecule has 1 saturated heterocycles. The van der Waals surface area contributed by atoms with Crippen LogP contribution in [0.5, 0.6) is 0 Å². The van der Waals surface area contributed by atoms with E-state index in [1.807, 2.05) is 13.8 Å². The Labute approximate surface area is 231 Å². The van der Waals surface area contributed by atoms with Crippen LogP contribution in [0.3, 0.4) is 0 Å². The lowest BCUT2D eigenvalue weighted by Crippen LogP contribution is -2.45. The number of hydroxylamine groups is 2. The van der Waals surface area contributed by atoms with Crippen LogP contribution >= 0.6 is 0 Å². The number of ether oxygens (including phenoxy) is 1. The normalized spacial score (nSPS) is 18.2. The Bertz CT molecular complexity index is 1570. The maximum atomic E-state index is 14.3. The van der Waals surface area contributed by atoms with E-state index < -0.39 is 29.2 Å². The van der Waals surface area contributed by atoms with Crippen LogP contribution in [0, 0.1) is 24.4 Å². The molecular weight excluding hydrogens is 550 g/mol. The van der Waals surface area contributed by atoms with Crippen molar-refractivity contribution in [2.24, 2.45) is 0 Å². The molecular formula is C29H26F6N4O2. The molecule has 1 aromatic heterocycles.